The van der Waals surface area contributed by atoms with E-state index in [2.05, 4.69) is 26.0 Å². The molecule has 22 heavy (non-hydrogen) atoms. The number of hydrogen-bond donors (Lipinski definition) is 2. The molecule has 1 aliphatic rings. The van der Waals surface area contributed by atoms with Crippen LogP contribution in [0.25, 0.3) is 0 Å². The molecule has 1 N–H and O–H groups in total. The summed E-state index contributed by atoms with van der Waals surface area (Å²) >= 11 is 4.19. The molecule has 1 fully saturated rings. The van der Waals surface area contributed by atoms with Gasteiger partial charge in [0.05, 0.1) is 13.4 Å². The summed E-state index contributed by atoms with van der Waals surface area (Å²) in [6.07, 6.45) is 3.29. The van der Waals surface area contributed by atoms with Gasteiger partial charge in [0.25, 0.3) is 0 Å². The molecule has 5 heteroatoms. The van der Waals surface area contributed by atoms with Crippen LogP contribution < -0.4 is 5.46 Å². The van der Waals surface area contributed by atoms with Gasteiger partial charge in [0.2, 0.25) is 0 Å². The second-order valence-corrected chi connectivity index (χ2v) is 7.13. The third-order valence-corrected chi connectivity index (χ3v) is 3.70. The standard InChI is InChI=1S/C7H6B.C6H14OS.C4H7O.U/c1-6-3-2-4-7(8)5-6;1-5(2,7)6(3,4)8;1-2-4-5-3-1;/h2-5H,1H2;7-8H,1-4H3;1H,2-4H2;/q-1;;-1;+2. The molecule has 0 aliphatic carbocycles. The van der Waals surface area contributed by atoms with Crippen molar-refractivity contribution in [1.29, 1.82) is 0 Å². The van der Waals surface area contributed by atoms with Crippen LogP contribution in [-0.2, 0) is 4.74 Å². The van der Waals surface area contributed by atoms with Gasteiger partial charge >= 0.3 is 31.1 Å². The normalized spacial score (nSPS) is 13.9. The van der Waals surface area contributed by atoms with Gasteiger partial charge in [0.15, 0.2) is 0 Å². The number of aliphatic hydroxyl groups is 1. The average molecular weight is 544 g/mol. The van der Waals surface area contributed by atoms with Gasteiger partial charge in [0, 0.05) is 11.4 Å². The fraction of sp³-hybridized carbons (Fsp3) is 0.529. The van der Waals surface area contributed by atoms with E-state index in [9.17, 15) is 5.11 Å². The first-order valence-corrected chi connectivity index (χ1v) is 7.50. The van der Waals surface area contributed by atoms with Crippen LogP contribution in [0, 0.1) is 44.5 Å². The summed E-state index contributed by atoms with van der Waals surface area (Å²) in [6, 6.07) is 7.47. The molecule has 120 valence electrons. The zero-order chi connectivity index (χ0) is 16.5. The van der Waals surface area contributed by atoms with Gasteiger partial charge in [-0.25, -0.2) is 0 Å². The summed E-state index contributed by atoms with van der Waals surface area (Å²) in [7, 11) is 5.42. The molecular formula is C17H27BO2SU. The second-order valence-electron chi connectivity index (χ2n) is 6.02. The van der Waals surface area contributed by atoms with Gasteiger partial charge in [-0.05, 0) is 27.7 Å². The molecule has 2 radical (unpaired) electrons. The Morgan fingerprint density at radius 1 is 1.32 bits per heavy atom. The van der Waals surface area contributed by atoms with Crippen LogP contribution in [0.5, 0.6) is 0 Å². The van der Waals surface area contributed by atoms with Gasteiger partial charge in [-0.15, -0.1) is 11.5 Å². The third kappa shape index (κ3) is 13.0. The van der Waals surface area contributed by atoms with E-state index in [0.29, 0.717) is 0 Å². The summed E-state index contributed by atoms with van der Waals surface area (Å²) in [4.78, 5) is 0. The number of ether oxygens (including phenoxy) is 1. The Morgan fingerprint density at radius 3 is 2.05 bits per heavy atom. The Hall–Kier alpha value is 0.477. The van der Waals surface area contributed by atoms with E-state index in [1.54, 1.807) is 13.8 Å². The van der Waals surface area contributed by atoms with Crippen LogP contribution >= 0.6 is 12.6 Å². The van der Waals surface area contributed by atoms with Crippen LogP contribution in [0.4, 0.5) is 0 Å². The number of rotatable bonds is 1. The quantitative estimate of drug-likeness (QED) is 0.324. The Labute approximate surface area is 167 Å². The molecule has 0 unspecified atom stereocenters. The van der Waals surface area contributed by atoms with E-state index < -0.39 is 5.60 Å². The maximum absolute atomic E-state index is 9.28. The predicted molar refractivity (Wildman–Crippen MR) is 95.4 cm³/mol. The molecule has 1 aromatic carbocycles. The van der Waals surface area contributed by atoms with Crippen molar-refractivity contribution in [3.05, 3.63) is 43.2 Å². The van der Waals surface area contributed by atoms with Crippen molar-refractivity contribution in [1.82, 2.24) is 0 Å². The minimum atomic E-state index is -0.698. The minimum Gasteiger partial charge on any atom is -0.416 e. The van der Waals surface area contributed by atoms with Gasteiger partial charge < -0.3 is 16.3 Å². The molecule has 1 aliphatic heterocycles. The average Bonchev–Trinajstić information content (AvgIpc) is 2.84. The third-order valence-electron chi connectivity index (χ3n) is 3.15. The van der Waals surface area contributed by atoms with Crippen LogP contribution in [0.3, 0.4) is 0 Å². The molecule has 0 atom stereocenters. The van der Waals surface area contributed by atoms with Crippen molar-refractivity contribution in [2.75, 3.05) is 13.2 Å². The minimum absolute atomic E-state index is 0. The van der Waals surface area contributed by atoms with Crippen LogP contribution in [0.1, 0.15) is 39.7 Å². The number of benzene rings is 1. The summed E-state index contributed by atoms with van der Waals surface area (Å²) in [5.41, 5.74) is 1.04. The van der Waals surface area contributed by atoms with Crippen molar-refractivity contribution in [3.63, 3.8) is 0 Å². The largest absolute Gasteiger partial charge is 2.00 e. The molecule has 0 bridgehead atoms. The summed E-state index contributed by atoms with van der Waals surface area (Å²) in [6.45, 7) is 12.8. The molecule has 2 nitrogen and oxygen atoms in total. The van der Waals surface area contributed by atoms with Crippen molar-refractivity contribution in [2.45, 2.75) is 44.5 Å². The summed E-state index contributed by atoms with van der Waals surface area (Å²) in [5, 5.41) is 9.28. The number of hydrogen-bond acceptors (Lipinski definition) is 3. The van der Waals surface area contributed by atoms with E-state index in [0.717, 1.165) is 30.7 Å². The molecule has 0 spiro atoms. The van der Waals surface area contributed by atoms with E-state index in [1.165, 1.54) is 0 Å². The second kappa shape index (κ2) is 11.9. The molecule has 0 aromatic heterocycles. The maximum Gasteiger partial charge on any atom is 2.00 e. The Bertz CT molecular complexity index is 360. The topological polar surface area (TPSA) is 29.5 Å². The first-order chi connectivity index (χ1) is 9.54. The molecule has 1 heterocycles. The van der Waals surface area contributed by atoms with Gasteiger partial charge in [0.1, 0.15) is 0 Å². The van der Waals surface area contributed by atoms with Gasteiger partial charge in [-0.3, -0.25) is 0 Å². The zero-order valence-corrected chi connectivity index (χ0v) is 19.2. The van der Waals surface area contributed by atoms with Crippen LogP contribution in [0.15, 0.2) is 24.3 Å². The SMILES string of the molecule is CC(C)(O)C(C)(C)S.[B]c1cccc([CH2-])c1.[CH-]1CCOC1.[U+2]. The van der Waals surface area contributed by atoms with E-state index in [1.807, 2.05) is 38.1 Å². The maximum atomic E-state index is 9.28. The van der Waals surface area contributed by atoms with Crippen molar-refractivity contribution in [3.8, 4) is 0 Å². The monoisotopic (exact) mass is 544 g/mol. The fourth-order valence-corrected chi connectivity index (χ4v) is 1.01. The molecule has 0 saturated carbocycles. The van der Waals surface area contributed by atoms with E-state index in [-0.39, 0.29) is 35.9 Å². The Morgan fingerprint density at radius 2 is 1.86 bits per heavy atom. The van der Waals surface area contributed by atoms with Crippen molar-refractivity contribution in [2.24, 2.45) is 0 Å². The van der Waals surface area contributed by atoms with E-state index in [4.69, 9.17) is 12.6 Å². The smallest absolute Gasteiger partial charge is 0.416 e. The molecule has 2 rings (SSSR count). The predicted octanol–water partition coefficient (Wildman–Crippen LogP) is 2.74. The van der Waals surface area contributed by atoms with Crippen LogP contribution in [-0.4, -0.2) is 36.5 Å². The summed E-state index contributed by atoms with van der Waals surface area (Å²) < 4.78 is 4.58. The summed E-state index contributed by atoms with van der Waals surface area (Å²) in [5.74, 6) is 0. The van der Waals surface area contributed by atoms with E-state index >= 15 is 0 Å². The molecule has 1 aromatic rings. The molecule has 0 amide bonds. The van der Waals surface area contributed by atoms with Gasteiger partial charge in [-0.2, -0.15) is 43.7 Å². The fourth-order valence-electron chi connectivity index (χ4n) is 1.01. The first-order valence-electron chi connectivity index (χ1n) is 7.05. The first kappa shape index (κ1) is 24.7. The molecule has 1 saturated heterocycles. The number of thiol groups is 1. The zero-order valence-electron chi connectivity index (χ0n) is 14.1. The van der Waals surface area contributed by atoms with Crippen molar-refractivity contribution < 1.29 is 41.0 Å². The van der Waals surface area contributed by atoms with Crippen molar-refractivity contribution >= 4 is 25.9 Å². The van der Waals surface area contributed by atoms with Crippen LogP contribution in [0.2, 0.25) is 0 Å². The Balaban J connectivity index is 0. The Kier molecular flexibility index (Phi) is 13.4. The van der Waals surface area contributed by atoms with Gasteiger partial charge in [-0.1, -0.05) is 12.7 Å². The molecular weight excluding hydrogens is 517 g/mol.